The summed E-state index contributed by atoms with van der Waals surface area (Å²) >= 11 is 0. The second kappa shape index (κ2) is 9.01. The summed E-state index contributed by atoms with van der Waals surface area (Å²) in [4.78, 5) is 13.2. The van der Waals surface area contributed by atoms with Crippen molar-refractivity contribution in [3.63, 3.8) is 0 Å². The zero-order chi connectivity index (χ0) is 23.9. The zero-order valence-electron chi connectivity index (χ0n) is 19.4. The van der Waals surface area contributed by atoms with E-state index in [1.54, 1.807) is 12.1 Å². The predicted molar refractivity (Wildman–Crippen MR) is 131 cm³/mol. The Morgan fingerprint density at radius 3 is 2.74 bits per heavy atom. The SMILES string of the molecule is C[C@@H](N[C@H]1CCN(c2ccc(F)c(C3(O)CC(CC(=O)O)C3)c2)C1)c1cccc2ccccc12. The lowest BCUT2D eigenvalue weighted by Gasteiger charge is -2.44. The first-order chi connectivity index (χ1) is 16.3. The number of hydrogen-bond acceptors (Lipinski definition) is 4. The maximum atomic E-state index is 14.6. The number of rotatable bonds is 7. The van der Waals surface area contributed by atoms with E-state index in [4.69, 9.17) is 5.11 Å². The van der Waals surface area contributed by atoms with Crippen LogP contribution in [0.4, 0.5) is 10.1 Å². The number of halogens is 1. The van der Waals surface area contributed by atoms with E-state index in [-0.39, 0.29) is 36.8 Å². The summed E-state index contributed by atoms with van der Waals surface area (Å²) in [6.45, 7) is 3.85. The molecule has 1 aliphatic carbocycles. The van der Waals surface area contributed by atoms with Gasteiger partial charge in [0.15, 0.2) is 0 Å². The molecule has 5 nitrogen and oxygen atoms in total. The van der Waals surface area contributed by atoms with Crippen molar-refractivity contribution in [2.45, 2.75) is 50.3 Å². The van der Waals surface area contributed by atoms with Gasteiger partial charge in [-0.25, -0.2) is 4.39 Å². The van der Waals surface area contributed by atoms with E-state index in [0.29, 0.717) is 6.04 Å². The number of hydrogen-bond donors (Lipinski definition) is 3. The molecular weight excluding hydrogens is 431 g/mol. The highest BCUT2D eigenvalue weighted by Gasteiger charge is 2.46. The highest BCUT2D eigenvalue weighted by molar-refractivity contribution is 5.86. The number of carbonyl (C=O) groups is 1. The van der Waals surface area contributed by atoms with Gasteiger partial charge in [-0.1, -0.05) is 42.5 Å². The lowest BCUT2D eigenvalue weighted by Crippen LogP contribution is -2.42. The molecule has 3 aromatic rings. The van der Waals surface area contributed by atoms with Gasteiger partial charge < -0.3 is 20.4 Å². The molecule has 34 heavy (non-hydrogen) atoms. The van der Waals surface area contributed by atoms with Crippen LogP contribution in [-0.2, 0) is 10.4 Å². The number of aliphatic hydroxyl groups is 1. The van der Waals surface area contributed by atoms with E-state index in [9.17, 15) is 14.3 Å². The fourth-order valence-corrected chi connectivity index (χ4v) is 5.78. The summed E-state index contributed by atoms with van der Waals surface area (Å²) in [6.07, 6.45) is 1.56. The number of carboxylic acid groups (broad SMARTS) is 1. The van der Waals surface area contributed by atoms with Gasteiger partial charge in [-0.05, 0) is 66.6 Å². The standard InChI is InChI=1S/C28H31FN2O3/c1-18(23-8-4-6-20-5-2-3-7-24(20)23)30-21-11-12-31(17-21)22-9-10-26(29)25(14-22)28(34)15-19(16-28)13-27(32)33/h2-10,14,18-19,21,30,34H,11-13,15-17H2,1H3,(H,32,33)/t18-,19?,21+,28?/m1/s1. The fourth-order valence-electron chi connectivity index (χ4n) is 5.78. The first kappa shape index (κ1) is 22.8. The molecule has 3 N–H and O–H groups in total. The Balaban J connectivity index is 1.26. The van der Waals surface area contributed by atoms with Crippen molar-refractivity contribution in [2.75, 3.05) is 18.0 Å². The van der Waals surface area contributed by atoms with Crippen molar-refractivity contribution in [3.8, 4) is 0 Å². The van der Waals surface area contributed by atoms with Crippen molar-refractivity contribution in [3.05, 3.63) is 77.6 Å². The number of fused-ring (bicyclic) bond motifs is 1. The average molecular weight is 463 g/mol. The largest absolute Gasteiger partial charge is 0.481 e. The molecule has 0 amide bonds. The third-order valence-corrected chi connectivity index (χ3v) is 7.50. The summed E-state index contributed by atoms with van der Waals surface area (Å²) < 4.78 is 14.6. The van der Waals surface area contributed by atoms with Crippen LogP contribution in [0.2, 0.25) is 0 Å². The third kappa shape index (κ3) is 4.40. The Morgan fingerprint density at radius 1 is 1.18 bits per heavy atom. The molecule has 1 heterocycles. The van der Waals surface area contributed by atoms with E-state index in [1.807, 2.05) is 0 Å². The first-order valence-corrected chi connectivity index (χ1v) is 12.1. The van der Waals surface area contributed by atoms with Crippen LogP contribution in [-0.4, -0.2) is 35.3 Å². The number of anilines is 1. The van der Waals surface area contributed by atoms with E-state index < -0.39 is 17.4 Å². The number of carboxylic acids is 1. The number of nitrogens with one attached hydrogen (secondary N) is 1. The van der Waals surface area contributed by atoms with Gasteiger partial charge in [-0.3, -0.25) is 4.79 Å². The minimum Gasteiger partial charge on any atom is -0.481 e. The summed E-state index contributed by atoms with van der Waals surface area (Å²) in [6, 6.07) is 20.3. The minimum atomic E-state index is -1.28. The molecule has 2 atom stereocenters. The summed E-state index contributed by atoms with van der Waals surface area (Å²) in [5.74, 6) is -1.42. The molecule has 0 bridgehead atoms. The molecule has 3 aromatic carbocycles. The van der Waals surface area contributed by atoms with Crippen molar-refractivity contribution in [1.29, 1.82) is 0 Å². The molecule has 1 saturated heterocycles. The summed E-state index contributed by atoms with van der Waals surface area (Å²) in [5, 5.41) is 26.2. The second-order valence-electron chi connectivity index (χ2n) is 9.96. The molecule has 5 rings (SSSR count). The molecule has 178 valence electrons. The van der Waals surface area contributed by atoms with Crippen molar-refractivity contribution in [2.24, 2.45) is 5.92 Å². The van der Waals surface area contributed by atoms with Crippen LogP contribution in [0.1, 0.15) is 49.8 Å². The Morgan fingerprint density at radius 2 is 1.94 bits per heavy atom. The highest BCUT2D eigenvalue weighted by atomic mass is 19.1. The van der Waals surface area contributed by atoms with Crippen LogP contribution in [0, 0.1) is 11.7 Å². The molecule has 0 unspecified atom stereocenters. The second-order valence-corrected chi connectivity index (χ2v) is 9.96. The van der Waals surface area contributed by atoms with Crippen LogP contribution >= 0.6 is 0 Å². The molecule has 2 fully saturated rings. The molecular formula is C28H31FN2O3. The number of nitrogens with zero attached hydrogens (tertiary/aromatic N) is 1. The molecule has 0 spiro atoms. The predicted octanol–water partition coefficient (Wildman–Crippen LogP) is 4.98. The van der Waals surface area contributed by atoms with Gasteiger partial charge in [-0.15, -0.1) is 0 Å². The van der Waals surface area contributed by atoms with Gasteiger partial charge in [0.25, 0.3) is 0 Å². The van der Waals surface area contributed by atoms with E-state index in [0.717, 1.165) is 25.2 Å². The van der Waals surface area contributed by atoms with E-state index in [2.05, 4.69) is 59.6 Å². The van der Waals surface area contributed by atoms with Crippen molar-refractivity contribution in [1.82, 2.24) is 5.32 Å². The maximum absolute atomic E-state index is 14.6. The Labute approximate surface area is 199 Å². The lowest BCUT2D eigenvalue weighted by molar-refractivity contribution is -0.143. The molecule has 1 saturated carbocycles. The smallest absolute Gasteiger partial charge is 0.303 e. The van der Waals surface area contributed by atoms with Crippen LogP contribution in [0.25, 0.3) is 10.8 Å². The normalized spacial score (nSPS) is 25.3. The Kier molecular flexibility index (Phi) is 6.04. The monoisotopic (exact) mass is 462 g/mol. The lowest BCUT2D eigenvalue weighted by atomic mass is 9.66. The molecule has 0 radical (unpaired) electrons. The molecule has 1 aliphatic heterocycles. The van der Waals surface area contributed by atoms with Crippen LogP contribution < -0.4 is 10.2 Å². The molecule has 2 aliphatic rings. The topological polar surface area (TPSA) is 72.8 Å². The zero-order valence-corrected chi connectivity index (χ0v) is 19.4. The fraction of sp³-hybridized carbons (Fsp3) is 0.393. The average Bonchev–Trinajstić information content (AvgIpc) is 3.26. The van der Waals surface area contributed by atoms with Crippen LogP contribution in [0.5, 0.6) is 0 Å². The van der Waals surface area contributed by atoms with Gasteiger partial charge in [-0.2, -0.15) is 0 Å². The van der Waals surface area contributed by atoms with Gasteiger partial charge in [0.2, 0.25) is 0 Å². The Bertz CT molecular complexity index is 1200. The van der Waals surface area contributed by atoms with Gasteiger partial charge in [0.05, 0.1) is 5.60 Å². The number of aliphatic carboxylic acids is 1. The van der Waals surface area contributed by atoms with Gasteiger partial charge >= 0.3 is 5.97 Å². The first-order valence-electron chi connectivity index (χ1n) is 12.1. The van der Waals surface area contributed by atoms with Crippen LogP contribution in [0.3, 0.4) is 0 Å². The quantitative estimate of drug-likeness (QED) is 0.462. The minimum absolute atomic E-state index is 0.0119. The molecule has 6 heteroatoms. The maximum Gasteiger partial charge on any atom is 0.303 e. The van der Waals surface area contributed by atoms with Crippen molar-refractivity contribution >= 4 is 22.4 Å². The van der Waals surface area contributed by atoms with Crippen molar-refractivity contribution < 1.29 is 19.4 Å². The number of benzene rings is 3. The van der Waals surface area contributed by atoms with Gasteiger partial charge in [0.1, 0.15) is 5.82 Å². The highest BCUT2D eigenvalue weighted by Crippen LogP contribution is 2.48. The molecule has 0 aromatic heterocycles. The van der Waals surface area contributed by atoms with E-state index >= 15 is 0 Å². The summed E-state index contributed by atoms with van der Waals surface area (Å²) in [5.41, 5.74) is 1.19. The Hall–Kier alpha value is -2.96. The van der Waals surface area contributed by atoms with Gasteiger partial charge in [0, 0.05) is 42.8 Å². The summed E-state index contributed by atoms with van der Waals surface area (Å²) in [7, 11) is 0. The van der Waals surface area contributed by atoms with E-state index in [1.165, 1.54) is 22.4 Å². The third-order valence-electron chi connectivity index (χ3n) is 7.50. The van der Waals surface area contributed by atoms with Crippen LogP contribution in [0.15, 0.2) is 60.7 Å².